The maximum atomic E-state index is 13.9. The Labute approximate surface area is 311 Å². The first-order chi connectivity index (χ1) is 25.3. The van der Waals surface area contributed by atoms with E-state index in [0.29, 0.717) is 17.0 Å². The molecular formula is C37H45N9O6S. The Hall–Kier alpha value is -5.64. The molecule has 0 spiro atoms. The lowest BCUT2D eigenvalue weighted by molar-refractivity contribution is -0.138. The van der Waals surface area contributed by atoms with Crippen molar-refractivity contribution < 1.29 is 28.8 Å². The number of nitrogens with zero attached hydrogens (tertiary/aromatic N) is 5. The molecule has 0 aliphatic carbocycles. The first kappa shape index (κ1) is 38.6. The summed E-state index contributed by atoms with van der Waals surface area (Å²) in [5.41, 5.74) is 2.05. The molecule has 16 heteroatoms. The fraction of sp³-hybridized carbons (Fsp3) is 0.405. The van der Waals surface area contributed by atoms with Crippen LogP contribution in [0.25, 0.3) is 10.9 Å². The average Bonchev–Trinajstić information content (AvgIpc) is 3.79. The highest BCUT2D eigenvalue weighted by molar-refractivity contribution is 7.09. The largest absolute Gasteiger partial charge is 0.361 e. The van der Waals surface area contributed by atoms with E-state index in [0.717, 1.165) is 16.5 Å². The zero-order valence-electron chi connectivity index (χ0n) is 30.4. The molecule has 0 unspecified atom stereocenters. The second-order valence-corrected chi connectivity index (χ2v) is 14.5. The Bertz CT molecular complexity index is 1960. The van der Waals surface area contributed by atoms with Crippen molar-refractivity contribution in [1.82, 2.24) is 45.6 Å². The van der Waals surface area contributed by atoms with Crippen molar-refractivity contribution in [2.24, 2.45) is 5.92 Å². The maximum absolute atomic E-state index is 13.9. The number of likely N-dealkylation sites (N-methyl/N-ethyl adjacent to an activating group) is 2. The van der Waals surface area contributed by atoms with E-state index < -0.39 is 53.6 Å². The number of pyridine rings is 1. The zero-order valence-corrected chi connectivity index (χ0v) is 31.2. The first-order valence-electron chi connectivity index (χ1n) is 17.4. The predicted octanol–water partition coefficient (Wildman–Crippen LogP) is 2.14. The maximum Gasteiger partial charge on any atom is 0.271 e. The molecule has 4 N–H and O–H groups in total. The van der Waals surface area contributed by atoms with Gasteiger partial charge in [0.15, 0.2) is 0 Å². The van der Waals surface area contributed by atoms with Crippen LogP contribution in [-0.2, 0) is 25.6 Å². The normalized spacial score (nSPS) is 20.2. The van der Waals surface area contributed by atoms with Gasteiger partial charge in [-0.2, -0.15) is 0 Å². The van der Waals surface area contributed by atoms with Gasteiger partial charge >= 0.3 is 0 Å². The third-order valence-electron chi connectivity index (χ3n) is 8.93. The van der Waals surface area contributed by atoms with Gasteiger partial charge in [-0.3, -0.25) is 33.8 Å². The van der Waals surface area contributed by atoms with Crippen LogP contribution in [0.5, 0.6) is 0 Å². The molecule has 53 heavy (non-hydrogen) atoms. The summed E-state index contributed by atoms with van der Waals surface area (Å²) < 4.78 is 0. The van der Waals surface area contributed by atoms with Crippen molar-refractivity contribution in [3.05, 3.63) is 82.2 Å². The lowest BCUT2D eigenvalue weighted by atomic mass is 10.0. The van der Waals surface area contributed by atoms with Crippen molar-refractivity contribution in [2.45, 2.75) is 51.7 Å². The molecule has 3 aromatic heterocycles. The van der Waals surface area contributed by atoms with Crippen molar-refractivity contribution in [3.63, 3.8) is 0 Å². The third-order valence-corrected chi connectivity index (χ3v) is 9.89. The number of carbonyl (C=O) groups is 6. The van der Waals surface area contributed by atoms with Gasteiger partial charge in [0, 0.05) is 74.0 Å². The summed E-state index contributed by atoms with van der Waals surface area (Å²) in [5.74, 6) is -2.86. The Morgan fingerprint density at radius 2 is 1.60 bits per heavy atom. The molecule has 280 valence electrons. The van der Waals surface area contributed by atoms with Gasteiger partial charge in [-0.05, 0) is 43.0 Å². The summed E-state index contributed by atoms with van der Waals surface area (Å²) >= 11 is 1.20. The predicted molar refractivity (Wildman–Crippen MR) is 199 cm³/mol. The topological polar surface area (TPSA) is 190 Å². The number of benzene rings is 1. The Balaban J connectivity index is 1.47. The summed E-state index contributed by atoms with van der Waals surface area (Å²) in [7, 11) is 3.00. The molecule has 0 saturated carbocycles. The Morgan fingerprint density at radius 1 is 0.887 bits per heavy atom. The number of amides is 6. The van der Waals surface area contributed by atoms with E-state index in [-0.39, 0.29) is 44.2 Å². The van der Waals surface area contributed by atoms with Gasteiger partial charge in [0.05, 0.1) is 19.1 Å². The molecule has 4 aromatic rings. The van der Waals surface area contributed by atoms with Crippen molar-refractivity contribution in [1.29, 1.82) is 0 Å². The summed E-state index contributed by atoms with van der Waals surface area (Å²) in [6, 6.07) is 8.08. The van der Waals surface area contributed by atoms with Gasteiger partial charge in [0.25, 0.3) is 11.8 Å². The standard InChI is InChI=1S/C37H45N9O6S/c1-22(2)16-28-34-43-30(21-53-34)33(49)42-29(17-25-18-39-27-9-7-6-8-26(25)27)37(52)45(5)19-31(47)40-23(3)35(50)44(4)14-15-46(20-32(48)41-28)36(51)24-10-12-38-13-11-24/h6-13,18,21-23,28-29,39H,14-17,19-20H2,1-5H3,(H,40,47)(H,41,48)(H,42,49)/t23-,28-,29+/m0/s1. The molecule has 1 aromatic carbocycles. The van der Waals surface area contributed by atoms with Crippen LogP contribution in [0.3, 0.4) is 0 Å². The lowest BCUT2D eigenvalue weighted by Crippen LogP contribution is -2.53. The molecule has 0 saturated heterocycles. The Kier molecular flexibility index (Phi) is 12.6. The minimum Gasteiger partial charge on any atom is -0.361 e. The van der Waals surface area contributed by atoms with Crippen LogP contribution in [0, 0.1) is 5.92 Å². The lowest BCUT2D eigenvalue weighted by Gasteiger charge is -2.28. The number of aromatic amines is 1. The van der Waals surface area contributed by atoms with Crippen molar-refractivity contribution in [2.75, 3.05) is 40.3 Å². The van der Waals surface area contributed by atoms with E-state index in [1.165, 1.54) is 52.4 Å². The van der Waals surface area contributed by atoms with E-state index in [4.69, 9.17) is 0 Å². The smallest absolute Gasteiger partial charge is 0.271 e. The number of H-pyrrole nitrogens is 1. The minimum absolute atomic E-state index is 0.0168. The number of thiazole rings is 1. The SMILES string of the molecule is CC(C)C[C@@H]1NC(=O)CN(C(=O)c2ccncc2)CCN(C)C(=O)[C@H](C)NC(=O)CN(C)C(=O)[C@@H](Cc2c[nH]c3ccccc23)NC(=O)c2csc1n2. The molecule has 0 fully saturated rings. The fourth-order valence-electron chi connectivity index (χ4n) is 6.16. The van der Waals surface area contributed by atoms with Gasteiger partial charge in [0.2, 0.25) is 23.6 Å². The van der Waals surface area contributed by atoms with Crippen molar-refractivity contribution >= 4 is 57.7 Å². The number of carbonyl (C=O) groups excluding carboxylic acids is 6. The van der Waals surface area contributed by atoms with Crippen molar-refractivity contribution in [3.8, 4) is 0 Å². The third kappa shape index (κ3) is 9.83. The Morgan fingerprint density at radius 3 is 2.34 bits per heavy atom. The van der Waals surface area contributed by atoms with Gasteiger partial charge in [-0.25, -0.2) is 4.98 Å². The number of para-hydroxylation sites is 1. The number of rotatable bonds is 5. The molecular weight excluding hydrogens is 699 g/mol. The van der Waals surface area contributed by atoms with E-state index in [9.17, 15) is 28.8 Å². The van der Waals surface area contributed by atoms with Crippen LogP contribution in [0.2, 0.25) is 0 Å². The second-order valence-electron chi connectivity index (χ2n) is 13.6. The minimum atomic E-state index is -1.07. The summed E-state index contributed by atoms with van der Waals surface area (Å²) in [4.78, 5) is 97.0. The van der Waals surface area contributed by atoms with Gasteiger partial charge in [-0.1, -0.05) is 32.0 Å². The molecule has 5 rings (SSSR count). The highest BCUT2D eigenvalue weighted by Crippen LogP contribution is 2.25. The number of hydrogen-bond acceptors (Lipinski definition) is 9. The first-order valence-corrected chi connectivity index (χ1v) is 18.3. The molecule has 2 bridgehead atoms. The van der Waals surface area contributed by atoms with E-state index in [1.807, 2.05) is 38.1 Å². The highest BCUT2D eigenvalue weighted by atomic mass is 32.1. The molecule has 4 heterocycles. The molecule has 3 atom stereocenters. The average molecular weight is 744 g/mol. The fourth-order valence-corrected chi connectivity index (χ4v) is 7.02. The van der Waals surface area contributed by atoms with Gasteiger partial charge in [0.1, 0.15) is 22.8 Å². The van der Waals surface area contributed by atoms with Crippen LogP contribution in [0.4, 0.5) is 0 Å². The molecule has 6 amide bonds. The van der Waals surface area contributed by atoms with Gasteiger partial charge < -0.3 is 35.6 Å². The van der Waals surface area contributed by atoms with Crippen LogP contribution in [-0.4, -0.2) is 117 Å². The number of hydrogen-bond donors (Lipinski definition) is 4. The number of nitrogens with one attached hydrogen (secondary N) is 4. The number of fused-ring (bicyclic) bond motifs is 3. The summed E-state index contributed by atoms with van der Waals surface area (Å²) in [5, 5.41) is 11.4. The quantitative estimate of drug-likeness (QED) is 0.239. The molecule has 1 aliphatic rings. The van der Waals surface area contributed by atoms with E-state index >= 15 is 0 Å². The summed E-state index contributed by atoms with van der Waals surface area (Å²) in [6.45, 7) is 4.92. The number of aromatic nitrogens is 3. The summed E-state index contributed by atoms with van der Waals surface area (Å²) in [6.07, 6.45) is 5.37. The van der Waals surface area contributed by atoms with Crippen LogP contribution in [0.1, 0.15) is 64.7 Å². The van der Waals surface area contributed by atoms with Crippen LogP contribution >= 0.6 is 11.3 Å². The zero-order chi connectivity index (χ0) is 38.2. The van der Waals surface area contributed by atoms with Crippen LogP contribution in [0.15, 0.2) is 60.4 Å². The van der Waals surface area contributed by atoms with E-state index in [1.54, 1.807) is 30.8 Å². The monoisotopic (exact) mass is 743 g/mol. The molecule has 1 aliphatic heterocycles. The molecule has 0 radical (unpaired) electrons. The van der Waals surface area contributed by atoms with E-state index in [2.05, 4.69) is 30.9 Å². The highest BCUT2D eigenvalue weighted by Gasteiger charge is 2.30. The molecule has 15 nitrogen and oxygen atoms in total. The van der Waals surface area contributed by atoms with Crippen LogP contribution < -0.4 is 16.0 Å². The second kappa shape index (κ2) is 17.3. The van der Waals surface area contributed by atoms with Gasteiger partial charge in [-0.15, -0.1) is 11.3 Å².